The van der Waals surface area contributed by atoms with Crippen LogP contribution in [0.4, 0.5) is 20.3 Å². The summed E-state index contributed by atoms with van der Waals surface area (Å²) in [6.07, 6.45) is 3.58. The van der Waals surface area contributed by atoms with Crippen LogP contribution in [-0.4, -0.2) is 39.8 Å². The molecule has 1 fully saturated rings. The number of hydrogen-bond donors (Lipinski definition) is 2. The Kier molecular flexibility index (Phi) is 5.91. The summed E-state index contributed by atoms with van der Waals surface area (Å²) in [5.41, 5.74) is 1.75. The Morgan fingerprint density at radius 3 is 2.38 bits per heavy atom. The molecule has 0 saturated carbocycles. The summed E-state index contributed by atoms with van der Waals surface area (Å²) in [4.78, 5) is 35.3. The van der Waals surface area contributed by atoms with Crippen LogP contribution >= 0.6 is 0 Å². The van der Waals surface area contributed by atoms with Gasteiger partial charge in [-0.05, 0) is 49.1 Å². The summed E-state index contributed by atoms with van der Waals surface area (Å²) in [6, 6.07) is 10.8. The smallest absolute Gasteiger partial charge is 0.257 e. The number of nitrogens with one attached hydrogen (secondary N) is 2. The van der Waals surface area contributed by atoms with E-state index in [1.54, 1.807) is 12.1 Å². The van der Waals surface area contributed by atoms with Crippen molar-refractivity contribution in [3.8, 4) is 11.4 Å². The molecule has 34 heavy (non-hydrogen) atoms. The normalized spacial score (nSPS) is 15.1. The zero-order chi connectivity index (χ0) is 23.7. The monoisotopic (exact) mass is 463 g/mol. The Morgan fingerprint density at radius 2 is 1.68 bits per heavy atom. The minimum Gasteiger partial charge on any atom is -0.346 e. The van der Waals surface area contributed by atoms with Gasteiger partial charge in [-0.3, -0.25) is 9.59 Å². The lowest BCUT2D eigenvalue weighted by Gasteiger charge is -2.26. The number of rotatable bonds is 5. The van der Waals surface area contributed by atoms with Gasteiger partial charge in [0.25, 0.3) is 5.91 Å². The highest BCUT2D eigenvalue weighted by molar-refractivity contribution is 6.03. The number of anilines is 2. The minimum absolute atomic E-state index is 0.113. The van der Waals surface area contributed by atoms with E-state index in [1.165, 1.54) is 12.5 Å². The van der Waals surface area contributed by atoms with Gasteiger partial charge in [0.05, 0.1) is 24.2 Å². The van der Waals surface area contributed by atoms with Crippen molar-refractivity contribution in [1.29, 1.82) is 0 Å². The molecule has 9 heteroatoms. The molecule has 2 N–H and O–H groups in total. The molecule has 5 rings (SSSR count). The second-order valence-corrected chi connectivity index (χ2v) is 8.44. The second kappa shape index (κ2) is 9.17. The van der Waals surface area contributed by atoms with Gasteiger partial charge in [0, 0.05) is 18.8 Å². The third kappa shape index (κ3) is 4.33. The summed E-state index contributed by atoms with van der Waals surface area (Å²) in [5, 5.41) is 5.75. The highest BCUT2D eigenvalue weighted by atomic mass is 19.1. The molecule has 0 atom stereocenters. The number of carbonyl (C=O) groups excluding carboxylic acids is 2. The lowest BCUT2D eigenvalue weighted by atomic mass is 10.1. The zero-order valence-corrected chi connectivity index (χ0v) is 18.4. The molecular formula is C25H23F2N5O2. The van der Waals surface area contributed by atoms with Crippen molar-refractivity contribution >= 4 is 23.3 Å². The first kappa shape index (κ1) is 21.9. The first-order valence-corrected chi connectivity index (χ1v) is 11.3. The molecule has 2 amide bonds. The molecule has 3 heterocycles. The van der Waals surface area contributed by atoms with Crippen LogP contribution in [0.3, 0.4) is 0 Å². The number of amides is 2. The molecule has 0 spiro atoms. The topological polar surface area (TPSA) is 87.2 Å². The fourth-order valence-corrected chi connectivity index (χ4v) is 4.31. The molecule has 2 aliphatic rings. The molecule has 0 unspecified atom stereocenters. The van der Waals surface area contributed by atoms with E-state index in [-0.39, 0.29) is 41.1 Å². The summed E-state index contributed by atoms with van der Waals surface area (Å²) in [5.74, 6) is -1.80. The average Bonchev–Trinajstić information content (AvgIpc) is 3.21. The third-order valence-corrected chi connectivity index (χ3v) is 6.09. The molecule has 2 aliphatic heterocycles. The van der Waals surface area contributed by atoms with E-state index >= 15 is 0 Å². The van der Waals surface area contributed by atoms with E-state index in [0.717, 1.165) is 43.6 Å². The number of carbonyl (C=O) groups is 2. The number of nitrogens with zero attached hydrogens (tertiary/aromatic N) is 3. The van der Waals surface area contributed by atoms with E-state index in [2.05, 4.69) is 20.6 Å². The first-order valence-electron chi connectivity index (χ1n) is 11.3. The fourth-order valence-electron chi connectivity index (χ4n) is 4.31. The molecule has 3 aromatic rings. The van der Waals surface area contributed by atoms with Crippen molar-refractivity contribution in [2.24, 2.45) is 0 Å². The number of likely N-dealkylation sites (tertiary alicyclic amines) is 1. The Balaban J connectivity index is 1.40. The Morgan fingerprint density at radius 1 is 0.971 bits per heavy atom. The summed E-state index contributed by atoms with van der Waals surface area (Å²) in [7, 11) is 0. The van der Waals surface area contributed by atoms with Crippen molar-refractivity contribution in [3.05, 3.63) is 70.9 Å². The van der Waals surface area contributed by atoms with Crippen LogP contribution in [0.5, 0.6) is 0 Å². The van der Waals surface area contributed by atoms with Crippen LogP contribution in [0.25, 0.3) is 11.4 Å². The van der Waals surface area contributed by atoms with Crippen molar-refractivity contribution in [2.45, 2.75) is 32.2 Å². The van der Waals surface area contributed by atoms with E-state index in [9.17, 15) is 18.4 Å². The predicted octanol–water partition coefficient (Wildman–Crippen LogP) is 3.96. The van der Waals surface area contributed by atoms with Gasteiger partial charge in [0.1, 0.15) is 23.0 Å². The molecule has 0 bridgehead atoms. The summed E-state index contributed by atoms with van der Waals surface area (Å²) < 4.78 is 28.7. The maximum Gasteiger partial charge on any atom is 0.257 e. The maximum atomic E-state index is 14.4. The van der Waals surface area contributed by atoms with Crippen LogP contribution in [0.2, 0.25) is 0 Å². The lowest BCUT2D eigenvalue weighted by molar-refractivity contribution is -0.131. The number of aromatic nitrogens is 2. The van der Waals surface area contributed by atoms with E-state index in [4.69, 9.17) is 0 Å². The quantitative estimate of drug-likeness (QED) is 0.598. The highest BCUT2D eigenvalue weighted by Gasteiger charge is 2.28. The summed E-state index contributed by atoms with van der Waals surface area (Å²) in [6.45, 7) is 1.76. The van der Waals surface area contributed by atoms with Gasteiger partial charge in [-0.2, -0.15) is 0 Å². The van der Waals surface area contributed by atoms with Gasteiger partial charge in [-0.1, -0.05) is 18.2 Å². The van der Waals surface area contributed by atoms with E-state index in [0.29, 0.717) is 17.8 Å². The predicted molar refractivity (Wildman–Crippen MR) is 122 cm³/mol. The molecular weight excluding hydrogens is 440 g/mol. The van der Waals surface area contributed by atoms with Crippen LogP contribution < -0.4 is 10.6 Å². The van der Waals surface area contributed by atoms with Gasteiger partial charge >= 0.3 is 0 Å². The average molecular weight is 463 g/mol. The largest absolute Gasteiger partial charge is 0.346 e. The van der Waals surface area contributed by atoms with Gasteiger partial charge in [0.2, 0.25) is 5.91 Å². The number of hydrogen-bond acceptors (Lipinski definition) is 5. The van der Waals surface area contributed by atoms with Crippen molar-refractivity contribution < 1.29 is 18.4 Å². The molecule has 7 nitrogen and oxygen atoms in total. The SMILES string of the molecule is O=C1NCc2nc(-c3c(F)cccc3F)nc(Nc3ccc(CC(=O)N4CCCCC4)cc3)c21. The van der Waals surface area contributed by atoms with Crippen LogP contribution in [0.1, 0.15) is 40.9 Å². The van der Waals surface area contributed by atoms with Gasteiger partial charge in [0.15, 0.2) is 5.82 Å². The Bertz CT molecular complexity index is 1240. The number of benzene rings is 2. The Hall–Kier alpha value is -3.88. The van der Waals surface area contributed by atoms with Gasteiger partial charge < -0.3 is 15.5 Å². The molecule has 0 aliphatic carbocycles. The van der Waals surface area contributed by atoms with Crippen molar-refractivity contribution in [2.75, 3.05) is 18.4 Å². The molecule has 174 valence electrons. The van der Waals surface area contributed by atoms with Gasteiger partial charge in [-0.15, -0.1) is 0 Å². The van der Waals surface area contributed by atoms with E-state index in [1.807, 2.05) is 17.0 Å². The van der Waals surface area contributed by atoms with Crippen molar-refractivity contribution in [1.82, 2.24) is 20.2 Å². The van der Waals surface area contributed by atoms with Crippen molar-refractivity contribution in [3.63, 3.8) is 0 Å². The van der Waals surface area contributed by atoms with Crippen LogP contribution in [0.15, 0.2) is 42.5 Å². The highest BCUT2D eigenvalue weighted by Crippen LogP contribution is 2.30. The first-order chi connectivity index (χ1) is 16.5. The molecule has 2 aromatic carbocycles. The molecule has 1 aromatic heterocycles. The summed E-state index contributed by atoms with van der Waals surface area (Å²) >= 11 is 0. The Labute approximate surface area is 195 Å². The second-order valence-electron chi connectivity index (χ2n) is 8.44. The van der Waals surface area contributed by atoms with Crippen LogP contribution in [-0.2, 0) is 17.8 Å². The minimum atomic E-state index is -0.786. The van der Waals surface area contributed by atoms with E-state index < -0.39 is 11.6 Å². The molecule has 1 saturated heterocycles. The van der Waals surface area contributed by atoms with Gasteiger partial charge in [-0.25, -0.2) is 18.7 Å². The fraction of sp³-hybridized carbons (Fsp3) is 0.280. The number of piperidine rings is 1. The standard InChI is InChI=1S/C25H23F2N5O2/c26-17-5-4-6-18(27)21(17)23-30-19-14-28-25(34)22(19)24(31-23)29-16-9-7-15(8-10-16)13-20(33)32-11-2-1-3-12-32/h4-10H,1-3,11-14H2,(H,28,34)(H,29,30,31). The molecule has 0 radical (unpaired) electrons. The lowest BCUT2D eigenvalue weighted by Crippen LogP contribution is -2.36. The number of fused-ring (bicyclic) bond motifs is 1. The van der Waals surface area contributed by atoms with Crippen LogP contribution in [0, 0.1) is 11.6 Å². The maximum absolute atomic E-state index is 14.4. The number of halogens is 2. The zero-order valence-electron chi connectivity index (χ0n) is 18.4. The third-order valence-electron chi connectivity index (χ3n) is 6.09.